The van der Waals surface area contributed by atoms with Gasteiger partial charge in [0.1, 0.15) is 0 Å². The molecule has 0 radical (unpaired) electrons. The molecule has 4 aliphatic carbocycles. The number of hydrogen-bond donors (Lipinski definition) is 3. The summed E-state index contributed by atoms with van der Waals surface area (Å²) in [5.74, 6) is 1.92. The van der Waals surface area contributed by atoms with Crippen molar-refractivity contribution >= 4 is 16.0 Å². The van der Waals surface area contributed by atoms with Crippen LogP contribution < -0.4 is 34.9 Å². The summed E-state index contributed by atoms with van der Waals surface area (Å²) >= 11 is 0. The average Bonchev–Trinajstić information content (AvgIpc) is 3.09. The predicted molar refractivity (Wildman–Crippen MR) is 129 cm³/mol. The molecule has 3 N–H and O–H groups in total. The van der Waals surface area contributed by atoms with E-state index in [1.165, 1.54) is 6.42 Å². The fourth-order valence-electron chi connectivity index (χ4n) is 9.14. The molecule has 0 saturated heterocycles. The molecule has 0 bridgehead atoms. The monoisotopic (exact) mass is 521 g/mol. The number of carbonyl (C=O) groups is 1. The zero-order valence-electron chi connectivity index (χ0n) is 22.0. The van der Waals surface area contributed by atoms with Gasteiger partial charge in [-0.2, -0.15) is 0 Å². The summed E-state index contributed by atoms with van der Waals surface area (Å²) in [6, 6.07) is 0. The van der Waals surface area contributed by atoms with Gasteiger partial charge in [0.15, 0.2) is 0 Å². The van der Waals surface area contributed by atoms with Gasteiger partial charge in [-0.3, -0.25) is 4.79 Å². The van der Waals surface area contributed by atoms with Crippen LogP contribution in [-0.4, -0.2) is 53.6 Å². The van der Waals surface area contributed by atoms with Crippen LogP contribution in [0.3, 0.4) is 0 Å². The van der Waals surface area contributed by atoms with E-state index in [-0.39, 0.29) is 65.0 Å². The average molecular weight is 522 g/mol. The van der Waals surface area contributed by atoms with E-state index in [0.717, 1.165) is 51.4 Å². The van der Waals surface area contributed by atoms with E-state index in [1.807, 2.05) is 0 Å². The minimum atomic E-state index is -4.31. The Morgan fingerprint density at radius 3 is 2.40 bits per heavy atom. The van der Waals surface area contributed by atoms with E-state index < -0.39 is 15.9 Å². The summed E-state index contributed by atoms with van der Waals surface area (Å²) in [4.78, 5) is 12.2. The number of rotatable bonds is 7. The molecule has 4 aliphatic rings. The van der Waals surface area contributed by atoms with E-state index in [4.69, 9.17) is 0 Å². The molecule has 1 amide bonds. The first kappa shape index (κ1) is 29.9. The van der Waals surface area contributed by atoms with Gasteiger partial charge in [-0.05, 0) is 104 Å². The first-order valence-electron chi connectivity index (χ1n) is 13.4. The number of carbonyl (C=O) groups excluding carboxylic acids is 1. The quantitative estimate of drug-likeness (QED) is 0.321. The van der Waals surface area contributed by atoms with Crippen LogP contribution in [0.1, 0.15) is 85.0 Å². The number of amides is 1. The maximum absolute atomic E-state index is 12.2. The van der Waals surface area contributed by atoms with Crippen LogP contribution >= 0.6 is 0 Å². The number of aliphatic hydroxyl groups is 2. The van der Waals surface area contributed by atoms with Crippen molar-refractivity contribution in [2.24, 2.45) is 46.3 Å². The van der Waals surface area contributed by atoms with Gasteiger partial charge in [0.25, 0.3) is 0 Å². The number of fused-ring (bicyclic) bond motifs is 5. The van der Waals surface area contributed by atoms with Crippen LogP contribution in [0.4, 0.5) is 0 Å². The molecule has 4 rings (SSSR count). The summed E-state index contributed by atoms with van der Waals surface area (Å²) in [6.07, 6.45) is 8.78. The van der Waals surface area contributed by atoms with E-state index >= 15 is 0 Å². The molecular formula is C26H44NNaO6S. The molecule has 4 saturated carbocycles. The van der Waals surface area contributed by atoms with Crippen LogP contribution in [-0.2, 0) is 14.9 Å². The Bertz CT molecular complexity index is 870. The Morgan fingerprint density at radius 2 is 1.71 bits per heavy atom. The van der Waals surface area contributed by atoms with Crippen molar-refractivity contribution < 1.29 is 57.5 Å². The SMILES string of the molecule is CC(CCC(=O)NCCS(=O)(=O)[O-])C1CCC2C3C(O)CC4CC(O)CC[C@]4(C)C3CC[C@]12C.[Na+]. The van der Waals surface area contributed by atoms with E-state index in [1.54, 1.807) is 0 Å². The van der Waals surface area contributed by atoms with Gasteiger partial charge in [0.2, 0.25) is 5.91 Å². The van der Waals surface area contributed by atoms with Gasteiger partial charge in [-0.1, -0.05) is 20.8 Å². The number of aliphatic hydroxyl groups excluding tert-OH is 2. The topological polar surface area (TPSA) is 127 Å². The Hall–Kier alpha value is 0.300. The van der Waals surface area contributed by atoms with Gasteiger partial charge in [-0.15, -0.1) is 0 Å². The molecule has 196 valence electrons. The third kappa shape index (κ3) is 5.99. The molecule has 4 fully saturated rings. The van der Waals surface area contributed by atoms with Crippen molar-refractivity contribution in [2.45, 2.75) is 97.2 Å². The minimum Gasteiger partial charge on any atom is -0.748 e. The van der Waals surface area contributed by atoms with Gasteiger partial charge in [0, 0.05) is 13.0 Å². The Balaban J connectivity index is 0.00000342. The summed E-state index contributed by atoms with van der Waals surface area (Å²) in [7, 11) is -4.31. The Kier molecular flexibility index (Phi) is 9.54. The van der Waals surface area contributed by atoms with Gasteiger partial charge < -0.3 is 20.1 Å². The molecule has 10 atom stereocenters. The second-order valence-electron chi connectivity index (χ2n) is 12.6. The van der Waals surface area contributed by atoms with Gasteiger partial charge >= 0.3 is 29.6 Å². The summed E-state index contributed by atoms with van der Waals surface area (Å²) in [5.41, 5.74) is 0.399. The molecule has 0 heterocycles. The van der Waals surface area contributed by atoms with Crippen molar-refractivity contribution in [1.29, 1.82) is 0 Å². The second kappa shape index (κ2) is 11.2. The number of nitrogens with one attached hydrogen (secondary N) is 1. The minimum absolute atomic E-state index is 0. The van der Waals surface area contributed by atoms with E-state index in [0.29, 0.717) is 41.9 Å². The third-order valence-electron chi connectivity index (χ3n) is 10.9. The van der Waals surface area contributed by atoms with Gasteiger partial charge in [0.05, 0.1) is 28.1 Å². The largest absolute Gasteiger partial charge is 1.00 e. The van der Waals surface area contributed by atoms with Crippen molar-refractivity contribution in [3.8, 4) is 0 Å². The Morgan fingerprint density at radius 1 is 1.06 bits per heavy atom. The van der Waals surface area contributed by atoms with Crippen molar-refractivity contribution in [2.75, 3.05) is 12.3 Å². The molecular weight excluding hydrogens is 477 g/mol. The van der Waals surface area contributed by atoms with Crippen molar-refractivity contribution in [3.05, 3.63) is 0 Å². The molecule has 0 spiro atoms. The maximum atomic E-state index is 12.2. The van der Waals surface area contributed by atoms with Crippen LogP contribution in [0, 0.1) is 46.3 Å². The molecule has 0 aromatic rings. The second-order valence-corrected chi connectivity index (χ2v) is 14.1. The molecule has 0 aliphatic heterocycles. The molecule has 7 nitrogen and oxygen atoms in total. The van der Waals surface area contributed by atoms with Crippen LogP contribution in [0.15, 0.2) is 0 Å². The first-order valence-corrected chi connectivity index (χ1v) is 15.0. The summed E-state index contributed by atoms with van der Waals surface area (Å²) in [5, 5.41) is 24.2. The fraction of sp³-hybridized carbons (Fsp3) is 0.962. The zero-order valence-corrected chi connectivity index (χ0v) is 24.9. The normalized spacial score (nSPS) is 43.8. The van der Waals surface area contributed by atoms with Crippen molar-refractivity contribution in [3.63, 3.8) is 0 Å². The molecule has 0 aromatic carbocycles. The zero-order chi connectivity index (χ0) is 24.9. The molecule has 35 heavy (non-hydrogen) atoms. The predicted octanol–water partition coefficient (Wildman–Crippen LogP) is 0.0587. The fourth-order valence-corrected chi connectivity index (χ4v) is 9.49. The van der Waals surface area contributed by atoms with E-state index in [2.05, 4.69) is 26.1 Å². The maximum Gasteiger partial charge on any atom is 1.00 e. The first-order chi connectivity index (χ1) is 15.8. The summed E-state index contributed by atoms with van der Waals surface area (Å²) in [6.45, 7) is 6.96. The van der Waals surface area contributed by atoms with Crippen LogP contribution in [0.25, 0.3) is 0 Å². The summed E-state index contributed by atoms with van der Waals surface area (Å²) < 4.78 is 32.2. The third-order valence-corrected chi connectivity index (χ3v) is 11.6. The van der Waals surface area contributed by atoms with E-state index in [9.17, 15) is 28.0 Å². The number of hydrogen-bond acceptors (Lipinski definition) is 6. The van der Waals surface area contributed by atoms with Crippen LogP contribution in [0.2, 0.25) is 0 Å². The Labute approximate surface area is 233 Å². The molecule has 0 aromatic heterocycles. The van der Waals surface area contributed by atoms with Crippen molar-refractivity contribution in [1.82, 2.24) is 5.32 Å². The van der Waals surface area contributed by atoms with Gasteiger partial charge in [-0.25, -0.2) is 8.42 Å². The molecule has 9 heteroatoms. The molecule has 8 unspecified atom stereocenters. The standard InChI is InChI=1S/C26H45NO6S.Na/c1-16(4-7-23(30)27-12-13-34(31,32)33)19-5-6-20-24-21(9-11-26(19,20)3)25(2)10-8-18(28)14-17(25)15-22(24)29;/h16-22,24,28-29H,4-15H2,1-3H3,(H,27,30)(H,31,32,33);/q;+1/p-1/t16?,17?,18?,19?,20?,21?,22?,24?,25-,26+;/m0./s1. The smallest absolute Gasteiger partial charge is 0.748 e. The van der Waals surface area contributed by atoms with Crippen LogP contribution in [0.5, 0.6) is 0 Å².